The summed E-state index contributed by atoms with van der Waals surface area (Å²) < 4.78 is 8.71. The largest absolute Gasteiger partial charge is 0.456 e. The van der Waals surface area contributed by atoms with Gasteiger partial charge in [0.2, 0.25) is 0 Å². The van der Waals surface area contributed by atoms with Crippen LogP contribution >= 0.6 is 22.9 Å². The fraction of sp³-hybridized carbons (Fsp3) is 0.0270. The molecule has 0 saturated heterocycles. The molecule has 2 aromatic heterocycles. The number of amidine groups is 2. The maximum Gasteiger partial charge on any atom is 0.159 e. The molecule has 1 aliphatic heterocycles. The molecular weight excluding hydrogens is 570 g/mol. The highest BCUT2D eigenvalue weighted by molar-refractivity contribution is 7.25. The van der Waals surface area contributed by atoms with E-state index in [4.69, 9.17) is 26.0 Å². The highest BCUT2D eigenvalue weighted by Crippen LogP contribution is 2.41. The van der Waals surface area contributed by atoms with Crippen LogP contribution in [-0.4, -0.2) is 11.7 Å². The van der Waals surface area contributed by atoms with E-state index in [0.29, 0.717) is 10.9 Å². The molecule has 9 rings (SSSR count). The topological polar surface area (TPSA) is 49.9 Å². The van der Waals surface area contributed by atoms with Crippen molar-refractivity contribution in [2.24, 2.45) is 9.98 Å². The third-order valence-electron chi connectivity index (χ3n) is 8.21. The zero-order valence-electron chi connectivity index (χ0n) is 22.7. The van der Waals surface area contributed by atoms with E-state index < -0.39 is 6.17 Å². The fourth-order valence-electron chi connectivity index (χ4n) is 6.25. The minimum Gasteiger partial charge on any atom is -0.456 e. The van der Waals surface area contributed by atoms with E-state index in [1.54, 1.807) is 11.3 Å². The van der Waals surface area contributed by atoms with Crippen LogP contribution in [-0.2, 0) is 0 Å². The molecule has 0 radical (unpaired) electrons. The lowest BCUT2D eigenvalue weighted by Gasteiger charge is -2.25. The van der Waals surface area contributed by atoms with E-state index in [2.05, 4.69) is 96.3 Å². The maximum atomic E-state index is 7.03. The zero-order chi connectivity index (χ0) is 28.5. The number of furan rings is 1. The van der Waals surface area contributed by atoms with Crippen molar-refractivity contribution in [3.63, 3.8) is 0 Å². The monoisotopic (exact) mass is 591 g/mol. The first kappa shape index (κ1) is 24.6. The van der Waals surface area contributed by atoms with Crippen molar-refractivity contribution in [1.82, 2.24) is 5.32 Å². The number of nitrogens with one attached hydrogen (secondary N) is 1. The van der Waals surface area contributed by atoms with Crippen LogP contribution in [0.2, 0.25) is 5.02 Å². The Kier molecular flexibility index (Phi) is 5.45. The number of rotatable bonds is 3. The molecular formula is C37H22ClN3OS. The minimum absolute atomic E-state index is 0.494. The number of hydrogen-bond donors (Lipinski definition) is 1. The fourth-order valence-corrected chi connectivity index (χ4v) is 7.64. The third kappa shape index (κ3) is 3.89. The smallest absolute Gasteiger partial charge is 0.159 e. The van der Waals surface area contributed by atoms with Crippen LogP contribution in [0.5, 0.6) is 0 Å². The molecule has 1 unspecified atom stereocenters. The normalized spacial score (nSPS) is 15.3. The molecule has 0 amide bonds. The van der Waals surface area contributed by atoms with Gasteiger partial charge in [0.1, 0.15) is 17.0 Å². The summed E-state index contributed by atoms with van der Waals surface area (Å²) in [6.07, 6.45) is -0.494. The first-order chi connectivity index (χ1) is 21.2. The zero-order valence-corrected chi connectivity index (χ0v) is 24.3. The lowest BCUT2D eigenvalue weighted by atomic mass is 10.0. The summed E-state index contributed by atoms with van der Waals surface area (Å²) in [4.78, 5) is 10.4. The van der Waals surface area contributed by atoms with Gasteiger partial charge >= 0.3 is 0 Å². The summed E-state index contributed by atoms with van der Waals surface area (Å²) in [5, 5.41) is 11.0. The molecule has 0 fully saturated rings. The Morgan fingerprint density at radius 3 is 2.40 bits per heavy atom. The molecule has 6 heteroatoms. The molecule has 0 bridgehead atoms. The SMILES string of the molecule is Clc1ccc2oc3ccccc3c2c1C1N=C(c2ccc3ccccc3c2)N=C(c2cccc3sc4ccccc4c23)N1. The van der Waals surface area contributed by atoms with Gasteiger partial charge in [-0.05, 0) is 47.2 Å². The van der Waals surface area contributed by atoms with Gasteiger partial charge in [-0.25, -0.2) is 9.98 Å². The number of fused-ring (bicyclic) bond motifs is 7. The quantitative estimate of drug-likeness (QED) is 0.222. The van der Waals surface area contributed by atoms with Crippen LogP contribution in [0.4, 0.5) is 0 Å². The second-order valence-corrected chi connectivity index (χ2v) is 12.2. The molecule has 43 heavy (non-hydrogen) atoms. The Morgan fingerprint density at radius 2 is 1.47 bits per heavy atom. The van der Waals surface area contributed by atoms with Gasteiger partial charge in [0, 0.05) is 52.7 Å². The number of hydrogen-bond acceptors (Lipinski definition) is 5. The highest BCUT2D eigenvalue weighted by Gasteiger charge is 2.28. The summed E-state index contributed by atoms with van der Waals surface area (Å²) in [5.41, 5.74) is 4.45. The van der Waals surface area contributed by atoms with Crippen LogP contribution < -0.4 is 5.32 Å². The molecule has 6 aromatic carbocycles. The van der Waals surface area contributed by atoms with E-state index >= 15 is 0 Å². The second kappa shape index (κ2) is 9.53. The number of para-hydroxylation sites is 1. The van der Waals surface area contributed by atoms with E-state index in [9.17, 15) is 0 Å². The van der Waals surface area contributed by atoms with Gasteiger partial charge in [0.05, 0.1) is 0 Å². The number of benzene rings is 6. The molecule has 0 aliphatic carbocycles. The Balaban J connectivity index is 1.31. The lowest BCUT2D eigenvalue weighted by Crippen LogP contribution is -2.34. The van der Waals surface area contributed by atoms with E-state index in [1.807, 2.05) is 30.3 Å². The molecule has 1 aliphatic rings. The predicted molar refractivity (Wildman–Crippen MR) is 181 cm³/mol. The van der Waals surface area contributed by atoms with Gasteiger partial charge < -0.3 is 9.73 Å². The van der Waals surface area contributed by atoms with Gasteiger partial charge in [-0.3, -0.25) is 0 Å². The maximum absolute atomic E-state index is 7.03. The van der Waals surface area contributed by atoms with Gasteiger partial charge in [-0.15, -0.1) is 11.3 Å². The van der Waals surface area contributed by atoms with Crippen molar-refractivity contribution < 1.29 is 4.42 Å². The van der Waals surface area contributed by atoms with Crippen molar-refractivity contribution in [2.75, 3.05) is 0 Å². The molecule has 1 atom stereocenters. The summed E-state index contributed by atoms with van der Waals surface area (Å²) >= 11 is 8.82. The van der Waals surface area contributed by atoms with Gasteiger partial charge in [-0.1, -0.05) is 96.5 Å². The number of thiophene rings is 1. The van der Waals surface area contributed by atoms with Crippen LogP contribution in [0.1, 0.15) is 22.9 Å². The molecule has 204 valence electrons. The second-order valence-electron chi connectivity index (χ2n) is 10.7. The standard InChI is InChI=1S/C37H22ClN3OS/c38-27-18-19-29-33(24-10-3-5-13-28(24)42-29)34(27)37-40-35(23-17-16-21-8-1-2-9-22(21)20-23)39-36(41-37)26-12-7-15-31-32(26)25-11-4-6-14-30(25)43-31/h1-20,37H,(H,39,40,41). The molecule has 0 saturated carbocycles. The number of aliphatic imine (C=N–C) groups is 2. The highest BCUT2D eigenvalue weighted by atomic mass is 35.5. The van der Waals surface area contributed by atoms with Gasteiger partial charge in [-0.2, -0.15) is 0 Å². The van der Waals surface area contributed by atoms with E-state index in [1.165, 1.54) is 25.6 Å². The van der Waals surface area contributed by atoms with Crippen molar-refractivity contribution in [3.05, 3.63) is 143 Å². The van der Waals surface area contributed by atoms with Crippen LogP contribution in [0.25, 0.3) is 52.9 Å². The number of halogens is 1. The minimum atomic E-state index is -0.494. The summed E-state index contributed by atoms with van der Waals surface area (Å²) in [6.45, 7) is 0. The van der Waals surface area contributed by atoms with Crippen molar-refractivity contribution in [3.8, 4) is 0 Å². The summed E-state index contributed by atoms with van der Waals surface area (Å²) in [7, 11) is 0. The Hall–Kier alpha value is -4.97. The molecule has 8 aromatic rings. The van der Waals surface area contributed by atoms with E-state index in [0.717, 1.165) is 49.9 Å². The van der Waals surface area contributed by atoms with E-state index in [-0.39, 0.29) is 0 Å². The van der Waals surface area contributed by atoms with Gasteiger partial charge in [0.25, 0.3) is 0 Å². The molecule has 0 spiro atoms. The first-order valence-corrected chi connectivity index (χ1v) is 15.3. The van der Waals surface area contributed by atoms with Crippen molar-refractivity contribution >= 4 is 87.5 Å². The summed E-state index contributed by atoms with van der Waals surface area (Å²) in [5.74, 6) is 1.42. The number of nitrogens with zero attached hydrogens (tertiary/aromatic N) is 2. The molecule has 1 N–H and O–H groups in total. The van der Waals surface area contributed by atoms with Crippen LogP contribution in [0.15, 0.2) is 136 Å². The van der Waals surface area contributed by atoms with Crippen LogP contribution in [0.3, 0.4) is 0 Å². The van der Waals surface area contributed by atoms with Gasteiger partial charge in [0.15, 0.2) is 12.0 Å². The average molecular weight is 592 g/mol. The first-order valence-electron chi connectivity index (χ1n) is 14.1. The molecule has 4 nitrogen and oxygen atoms in total. The average Bonchev–Trinajstić information content (AvgIpc) is 3.63. The molecule has 3 heterocycles. The summed E-state index contributed by atoms with van der Waals surface area (Å²) in [6, 6.07) is 41.6. The lowest BCUT2D eigenvalue weighted by molar-refractivity contribution is 0.662. The Morgan fingerprint density at radius 1 is 0.674 bits per heavy atom. The third-order valence-corrected chi connectivity index (χ3v) is 9.68. The Labute approximate surface area is 255 Å². The predicted octanol–water partition coefficient (Wildman–Crippen LogP) is 10.3. The van der Waals surface area contributed by atoms with Crippen molar-refractivity contribution in [2.45, 2.75) is 6.17 Å². The van der Waals surface area contributed by atoms with Crippen LogP contribution in [0, 0.1) is 0 Å². The Bertz CT molecular complexity index is 2470. The van der Waals surface area contributed by atoms with Crippen molar-refractivity contribution in [1.29, 1.82) is 0 Å².